The number of methoxy groups -OCH3 is 1. The van der Waals surface area contributed by atoms with Crippen molar-refractivity contribution in [3.8, 4) is 5.75 Å². The van der Waals surface area contributed by atoms with Gasteiger partial charge in [0.1, 0.15) is 0 Å². The van der Waals surface area contributed by atoms with E-state index in [-0.39, 0.29) is 11.4 Å². The molecule has 72 valence electrons. The van der Waals surface area contributed by atoms with Crippen LogP contribution in [0.15, 0.2) is 6.20 Å². The molecule has 1 rings (SSSR count). The second-order valence-corrected chi connectivity index (χ2v) is 2.44. The Morgan fingerprint density at radius 2 is 2.08 bits per heavy atom. The average molecular weight is 191 g/mol. The predicted molar refractivity (Wildman–Crippen MR) is 40.4 cm³/mol. The van der Waals surface area contributed by atoms with Crippen molar-refractivity contribution in [2.75, 3.05) is 7.11 Å². The molecule has 1 heterocycles. The van der Waals surface area contributed by atoms with Crippen molar-refractivity contribution in [1.29, 1.82) is 0 Å². The third-order valence-corrected chi connectivity index (χ3v) is 1.62. The van der Waals surface area contributed by atoms with Gasteiger partial charge in [-0.25, -0.2) is 13.2 Å². The number of nitrogens with zero attached hydrogens (tertiary/aromatic N) is 1. The molecular weight excluding hydrogens is 183 g/mol. The van der Waals surface area contributed by atoms with Gasteiger partial charge >= 0.3 is 0 Å². The Balaban J connectivity index is 3.35. The number of hydrogen-bond acceptors (Lipinski definition) is 2. The van der Waals surface area contributed by atoms with Crippen LogP contribution >= 0.6 is 0 Å². The van der Waals surface area contributed by atoms with Crippen LogP contribution in [0.2, 0.25) is 0 Å². The van der Waals surface area contributed by atoms with Crippen molar-refractivity contribution < 1.29 is 17.9 Å². The molecule has 0 N–H and O–H groups in total. The number of halogens is 3. The number of rotatable bonds is 2. The summed E-state index contributed by atoms with van der Waals surface area (Å²) in [6.07, 6.45) is -2.13. The minimum absolute atomic E-state index is 0.185. The Labute approximate surface area is 73.4 Å². The summed E-state index contributed by atoms with van der Waals surface area (Å²) >= 11 is 0. The van der Waals surface area contributed by atoms with Crippen LogP contribution in [0, 0.1) is 12.7 Å². The third-order valence-electron chi connectivity index (χ3n) is 1.62. The van der Waals surface area contributed by atoms with Crippen LogP contribution in [-0.4, -0.2) is 12.1 Å². The average Bonchev–Trinajstić information content (AvgIpc) is 2.07. The maximum absolute atomic E-state index is 12.8. The summed E-state index contributed by atoms with van der Waals surface area (Å²) < 4.78 is 42.1. The number of aryl methyl sites for hydroxylation is 1. The second-order valence-electron chi connectivity index (χ2n) is 2.44. The maximum atomic E-state index is 12.8. The highest BCUT2D eigenvalue weighted by atomic mass is 19.3. The highest BCUT2D eigenvalue weighted by molar-refractivity contribution is 5.37. The minimum atomic E-state index is -2.89. The van der Waals surface area contributed by atoms with Crippen LogP contribution in [-0.2, 0) is 0 Å². The van der Waals surface area contributed by atoms with Gasteiger partial charge in [-0.05, 0) is 6.92 Å². The first-order chi connectivity index (χ1) is 6.07. The molecule has 0 amide bonds. The molecule has 1 aromatic rings. The molecule has 0 aliphatic rings. The molecule has 0 radical (unpaired) electrons. The molecule has 0 bridgehead atoms. The van der Waals surface area contributed by atoms with Crippen molar-refractivity contribution >= 4 is 0 Å². The lowest BCUT2D eigenvalue weighted by Crippen LogP contribution is -2.01. The van der Waals surface area contributed by atoms with E-state index in [0.29, 0.717) is 0 Å². The zero-order chi connectivity index (χ0) is 10.0. The van der Waals surface area contributed by atoms with Gasteiger partial charge in [0.15, 0.2) is 11.6 Å². The topological polar surface area (TPSA) is 22.1 Å². The quantitative estimate of drug-likeness (QED) is 0.716. The lowest BCUT2D eigenvalue weighted by atomic mass is 10.2. The van der Waals surface area contributed by atoms with Gasteiger partial charge in [0.05, 0.1) is 24.6 Å². The van der Waals surface area contributed by atoms with Gasteiger partial charge in [0, 0.05) is 0 Å². The standard InChI is InChI=1S/C8H8F3NO/c1-4-7(13-2)6(8(10)11)5(9)3-12-4/h3,8H,1-2H3. The van der Waals surface area contributed by atoms with E-state index < -0.39 is 17.8 Å². The van der Waals surface area contributed by atoms with Crippen LogP contribution in [0.1, 0.15) is 17.7 Å². The van der Waals surface area contributed by atoms with E-state index in [2.05, 4.69) is 9.72 Å². The Hall–Kier alpha value is -1.26. The number of aromatic nitrogens is 1. The Bertz CT molecular complexity index is 315. The first-order valence-corrected chi connectivity index (χ1v) is 3.55. The number of hydrogen-bond donors (Lipinski definition) is 0. The Kier molecular flexibility index (Phi) is 2.75. The van der Waals surface area contributed by atoms with Gasteiger partial charge in [-0.1, -0.05) is 0 Å². The summed E-state index contributed by atoms with van der Waals surface area (Å²) in [5, 5.41) is 0. The molecule has 0 aliphatic heterocycles. The highest BCUT2D eigenvalue weighted by Gasteiger charge is 2.21. The van der Waals surface area contributed by atoms with Crippen molar-refractivity contribution in [3.05, 3.63) is 23.3 Å². The monoisotopic (exact) mass is 191 g/mol. The zero-order valence-electron chi connectivity index (χ0n) is 7.14. The summed E-state index contributed by atoms with van der Waals surface area (Å²) in [6.45, 7) is 1.48. The smallest absolute Gasteiger partial charge is 0.270 e. The zero-order valence-corrected chi connectivity index (χ0v) is 7.14. The minimum Gasteiger partial charge on any atom is -0.494 e. The summed E-state index contributed by atoms with van der Waals surface area (Å²) in [7, 11) is 1.20. The predicted octanol–water partition coefficient (Wildman–Crippen LogP) is 2.48. The van der Waals surface area contributed by atoms with Crippen LogP contribution in [0.3, 0.4) is 0 Å². The summed E-state index contributed by atoms with van der Waals surface area (Å²) in [5.41, 5.74) is -0.478. The van der Waals surface area contributed by atoms with E-state index in [1.807, 2.05) is 0 Å². The molecule has 0 aromatic carbocycles. The van der Waals surface area contributed by atoms with Gasteiger partial charge in [-0.3, -0.25) is 4.98 Å². The van der Waals surface area contributed by atoms with Crippen molar-refractivity contribution in [2.45, 2.75) is 13.3 Å². The molecule has 0 aliphatic carbocycles. The Morgan fingerprint density at radius 1 is 1.46 bits per heavy atom. The van der Waals surface area contributed by atoms with Crippen LogP contribution in [0.4, 0.5) is 13.2 Å². The van der Waals surface area contributed by atoms with E-state index >= 15 is 0 Å². The normalized spacial score (nSPS) is 10.6. The molecule has 5 heteroatoms. The van der Waals surface area contributed by atoms with Gasteiger partial charge in [0.25, 0.3) is 6.43 Å². The molecule has 0 atom stereocenters. The van der Waals surface area contributed by atoms with Gasteiger partial charge < -0.3 is 4.74 Å². The molecule has 2 nitrogen and oxygen atoms in total. The van der Waals surface area contributed by atoms with Crippen LogP contribution in [0.25, 0.3) is 0 Å². The molecule has 0 fully saturated rings. The van der Waals surface area contributed by atoms with Crippen molar-refractivity contribution in [3.63, 3.8) is 0 Å². The fraction of sp³-hybridized carbons (Fsp3) is 0.375. The third kappa shape index (κ3) is 1.74. The summed E-state index contributed by atoms with van der Waals surface area (Å²) in [6, 6.07) is 0. The molecule has 0 saturated carbocycles. The first kappa shape index (κ1) is 9.83. The number of pyridine rings is 1. The molecule has 0 saturated heterocycles. The number of ether oxygens (including phenoxy) is 1. The fourth-order valence-corrected chi connectivity index (χ4v) is 1.05. The maximum Gasteiger partial charge on any atom is 0.270 e. The summed E-state index contributed by atoms with van der Waals surface area (Å²) in [5.74, 6) is -1.23. The first-order valence-electron chi connectivity index (χ1n) is 3.55. The van der Waals surface area contributed by atoms with Crippen LogP contribution < -0.4 is 4.74 Å². The molecule has 0 unspecified atom stereocenters. The molecule has 13 heavy (non-hydrogen) atoms. The second kappa shape index (κ2) is 3.64. The van der Waals surface area contributed by atoms with E-state index in [4.69, 9.17) is 0 Å². The summed E-state index contributed by atoms with van der Waals surface area (Å²) in [4.78, 5) is 3.56. The van der Waals surface area contributed by atoms with E-state index in [0.717, 1.165) is 6.20 Å². The van der Waals surface area contributed by atoms with Crippen LogP contribution in [0.5, 0.6) is 5.75 Å². The Morgan fingerprint density at radius 3 is 2.46 bits per heavy atom. The largest absolute Gasteiger partial charge is 0.494 e. The van der Waals surface area contributed by atoms with Gasteiger partial charge in [-0.15, -0.1) is 0 Å². The van der Waals surface area contributed by atoms with Crippen molar-refractivity contribution in [2.24, 2.45) is 0 Å². The lowest BCUT2D eigenvalue weighted by Gasteiger charge is -2.10. The molecule has 0 spiro atoms. The van der Waals surface area contributed by atoms with Gasteiger partial charge in [-0.2, -0.15) is 0 Å². The van der Waals surface area contributed by atoms with E-state index in [1.54, 1.807) is 0 Å². The van der Waals surface area contributed by atoms with Crippen molar-refractivity contribution in [1.82, 2.24) is 4.98 Å². The SMILES string of the molecule is COc1c(C)ncc(F)c1C(F)F. The lowest BCUT2D eigenvalue weighted by molar-refractivity contribution is 0.141. The van der Waals surface area contributed by atoms with E-state index in [1.165, 1.54) is 14.0 Å². The number of alkyl halides is 2. The highest BCUT2D eigenvalue weighted by Crippen LogP contribution is 2.32. The van der Waals surface area contributed by atoms with E-state index in [9.17, 15) is 13.2 Å². The molecule has 1 aromatic heterocycles. The van der Waals surface area contributed by atoms with Gasteiger partial charge in [0.2, 0.25) is 0 Å². The molecular formula is C8H8F3NO. The fourth-order valence-electron chi connectivity index (χ4n) is 1.05.